The molecule has 1 aliphatic heterocycles. The van der Waals surface area contributed by atoms with E-state index in [0.29, 0.717) is 11.3 Å². The molecule has 0 spiro atoms. The van der Waals surface area contributed by atoms with Gasteiger partial charge in [0.1, 0.15) is 0 Å². The molecule has 1 saturated carbocycles. The molecule has 2 nitrogen and oxygen atoms in total. The molecule has 1 aliphatic carbocycles. The fourth-order valence-electron chi connectivity index (χ4n) is 3.65. The lowest BCUT2D eigenvalue weighted by molar-refractivity contribution is 0.00692. The molecule has 100 valence electrons. The molecule has 1 saturated heterocycles. The number of aliphatic hydroxyl groups is 1. The van der Waals surface area contributed by atoms with Gasteiger partial charge in [0.15, 0.2) is 0 Å². The van der Waals surface area contributed by atoms with Gasteiger partial charge in [-0.3, -0.25) is 0 Å². The fraction of sp³-hybridized carbons (Fsp3) is 1.00. The predicted molar refractivity (Wildman–Crippen MR) is 72.0 cm³/mol. The molecule has 0 radical (unpaired) electrons. The lowest BCUT2D eigenvalue weighted by Gasteiger charge is -2.40. The summed E-state index contributed by atoms with van der Waals surface area (Å²) in [5, 5.41) is 10.2. The van der Waals surface area contributed by atoms with Gasteiger partial charge in [0, 0.05) is 13.1 Å². The molecule has 1 N–H and O–H groups in total. The number of likely N-dealkylation sites (tertiary alicyclic amines) is 1. The van der Waals surface area contributed by atoms with Crippen molar-refractivity contribution in [3.8, 4) is 0 Å². The van der Waals surface area contributed by atoms with Crippen molar-refractivity contribution in [2.75, 3.05) is 19.6 Å². The van der Waals surface area contributed by atoms with E-state index in [2.05, 4.69) is 25.7 Å². The number of hydrogen-bond acceptors (Lipinski definition) is 2. The van der Waals surface area contributed by atoms with Crippen LogP contribution in [0.2, 0.25) is 0 Å². The summed E-state index contributed by atoms with van der Waals surface area (Å²) in [4.78, 5) is 2.59. The molecule has 0 aromatic carbocycles. The monoisotopic (exact) mass is 239 g/mol. The zero-order chi connectivity index (χ0) is 12.5. The molecule has 0 bridgehead atoms. The SMILES string of the molecule is CCC1CCN(CC2CC(C)(C)CCC2O)C1. The maximum atomic E-state index is 10.2. The Morgan fingerprint density at radius 3 is 2.71 bits per heavy atom. The first-order valence-electron chi connectivity index (χ1n) is 7.40. The van der Waals surface area contributed by atoms with Gasteiger partial charge in [-0.2, -0.15) is 0 Å². The summed E-state index contributed by atoms with van der Waals surface area (Å²) in [7, 11) is 0. The summed E-state index contributed by atoms with van der Waals surface area (Å²) in [6, 6.07) is 0. The first-order valence-corrected chi connectivity index (χ1v) is 7.40. The molecule has 0 aromatic rings. The summed E-state index contributed by atoms with van der Waals surface area (Å²) in [5.41, 5.74) is 0.438. The van der Waals surface area contributed by atoms with E-state index in [4.69, 9.17) is 0 Å². The molecule has 2 fully saturated rings. The summed E-state index contributed by atoms with van der Waals surface area (Å²) in [6.45, 7) is 10.6. The summed E-state index contributed by atoms with van der Waals surface area (Å²) in [5.74, 6) is 1.41. The lowest BCUT2D eigenvalue weighted by atomic mass is 9.71. The molecular formula is C15H29NO. The minimum Gasteiger partial charge on any atom is -0.393 e. The molecule has 2 heteroatoms. The molecular weight excluding hydrogens is 210 g/mol. The second-order valence-corrected chi connectivity index (χ2v) is 7.06. The quantitative estimate of drug-likeness (QED) is 0.818. The Labute approximate surface area is 106 Å². The topological polar surface area (TPSA) is 23.5 Å². The second-order valence-electron chi connectivity index (χ2n) is 7.06. The van der Waals surface area contributed by atoms with Gasteiger partial charge in [0.2, 0.25) is 0 Å². The fourth-order valence-corrected chi connectivity index (χ4v) is 3.65. The zero-order valence-corrected chi connectivity index (χ0v) is 11.8. The third kappa shape index (κ3) is 3.45. The van der Waals surface area contributed by atoms with Crippen LogP contribution in [0.25, 0.3) is 0 Å². The first-order chi connectivity index (χ1) is 8.00. The molecule has 0 aromatic heterocycles. The second kappa shape index (κ2) is 5.27. The number of aliphatic hydroxyl groups excluding tert-OH is 1. The smallest absolute Gasteiger partial charge is 0.0581 e. The average Bonchev–Trinajstić information content (AvgIpc) is 2.71. The van der Waals surface area contributed by atoms with E-state index in [1.54, 1.807) is 0 Å². The van der Waals surface area contributed by atoms with Crippen LogP contribution in [0, 0.1) is 17.3 Å². The van der Waals surface area contributed by atoms with Crippen molar-refractivity contribution in [2.45, 2.75) is 59.0 Å². The Morgan fingerprint density at radius 1 is 1.29 bits per heavy atom. The van der Waals surface area contributed by atoms with Gasteiger partial charge in [-0.15, -0.1) is 0 Å². The van der Waals surface area contributed by atoms with Gasteiger partial charge >= 0.3 is 0 Å². The van der Waals surface area contributed by atoms with Crippen molar-refractivity contribution in [3.05, 3.63) is 0 Å². The highest BCUT2D eigenvalue weighted by atomic mass is 16.3. The van der Waals surface area contributed by atoms with Crippen molar-refractivity contribution in [2.24, 2.45) is 17.3 Å². The van der Waals surface area contributed by atoms with E-state index >= 15 is 0 Å². The third-order valence-corrected chi connectivity index (χ3v) is 4.92. The first kappa shape index (κ1) is 13.4. The van der Waals surface area contributed by atoms with Gasteiger partial charge in [0.25, 0.3) is 0 Å². The summed E-state index contributed by atoms with van der Waals surface area (Å²) >= 11 is 0. The number of nitrogens with zero attached hydrogens (tertiary/aromatic N) is 1. The largest absolute Gasteiger partial charge is 0.393 e. The highest BCUT2D eigenvalue weighted by Crippen LogP contribution is 2.39. The highest BCUT2D eigenvalue weighted by molar-refractivity contribution is 4.87. The highest BCUT2D eigenvalue weighted by Gasteiger charge is 2.35. The van der Waals surface area contributed by atoms with Gasteiger partial charge in [0.05, 0.1) is 6.10 Å². The van der Waals surface area contributed by atoms with Gasteiger partial charge in [-0.05, 0) is 49.5 Å². The molecule has 3 unspecified atom stereocenters. The van der Waals surface area contributed by atoms with E-state index < -0.39 is 0 Å². The molecule has 0 amide bonds. The van der Waals surface area contributed by atoms with E-state index in [1.807, 2.05) is 0 Å². The van der Waals surface area contributed by atoms with Crippen molar-refractivity contribution in [3.63, 3.8) is 0 Å². The van der Waals surface area contributed by atoms with E-state index in [-0.39, 0.29) is 6.10 Å². The Kier molecular flexibility index (Phi) is 4.14. The van der Waals surface area contributed by atoms with Gasteiger partial charge < -0.3 is 10.0 Å². The third-order valence-electron chi connectivity index (χ3n) is 4.92. The van der Waals surface area contributed by atoms with Gasteiger partial charge in [-0.25, -0.2) is 0 Å². The minimum absolute atomic E-state index is 0.0521. The summed E-state index contributed by atoms with van der Waals surface area (Å²) in [6.07, 6.45) is 6.01. The zero-order valence-electron chi connectivity index (χ0n) is 11.8. The molecule has 1 heterocycles. The Bertz CT molecular complexity index is 251. The van der Waals surface area contributed by atoms with Crippen molar-refractivity contribution >= 4 is 0 Å². The maximum absolute atomic E-state index is 10.2. The van der Waals surface area contributed by atoms with Crippen LogP contribution in [0.1, 0.15) is 52.9 Å². The number of rotatable bonds is 3. The van der Waals surface area contributed by atoms with Crippen LogP contribution in [0.15, 0.2) is 0 Å². The van der Waals surface area contributed by atoms with Crippen LogP contribution in [0.4, 0.5) is 0 Å². The Balaban J connectivity index is 1.85. The minimum atomic E-state index is -0.0521. The van der Waals surface area contributed by atoms with Crippen LogP contribution in [-0.4, -0.2) is 35.7 Å². The molecule has 2 aliphatic rings. The Morgan fingerprint density at radius 2 is 2.06 bits per heavy atom. The van der Waals surface area contributed by atoms with Crippen LogP contribution < -0.4 is 0 Å². The van der Waals surface area contributed by atoms with Crippen molar-refractivity contribution in [1.82, 2.24) is 4.90 Å². The normalized spacial score (nSPS) is 38.5. The molecule has 17 heavy (non-hydrogen) atoms. The standard InChI is InChI=1S/C15H29NO/c1-4-12-6-8-16(10-12)11-13-9-15(2,3)7-5-14(13)17/h12-14,17H,4-11H2,1-3H3. The number of hydrogen-bond donors (Lipinski definition) is 1. The van der Waals surface area contributed by atoms with Crippen LogP contribution in [0.5, 0.6) is 0 Å². The molecule has 3 atom stereocenters. The van der Waals surface area contributed by atoms with Gasteiger partial charge in [-0.1, -0.05) is 27.2 Å². The molecule has 2 rings (SSSR count). The van der Waals surface area contributed by atoms with E-state index in [9.17, 15) is 5.11 Å². The van der Waals surface area contributed by atoms with E-state index in [1.165, 1.54) is 38.8 Å². The van der Waals surface area contributed by atoms with Crippen LogP contribution in [-0.2, 0) is 0 Å². The summed E-state index contributed by atoms with van der Waals surface area (Å²) < 4.78 is 0. The van der Waals surface area contributed by atoms with E-state index in [0.717, 1.165) is 18.9 Å². The van der Waals surface area contributed by atoms with Crippen LogP contribution in [0.3, 0.4) is 0 Å². The Hall–Kier alpha value is -0.0800. The van der Waals surface area contributed by atoms with Crippen molar-refractivity contribution < 1.29 is 5.11 Å². The predicted octanol–water partition coefficient (Wildman–Crippen LogP) is 2.91. The van der Waals surface area contributed by atoms with Crippen LogP contribution >= 0.6 is 0 Å². The maximum Gasteiger partial charge on any atom is 0.0581 e. The lowest BCUT2D eigenvalue weighted by Crippen LogP contribution is -2.40. The van der Waals surface area contributed by atoms with Crippen molar-refractivity contribution in [1.29, 1.82) is 0 Å². The average molecular weight is 239 g/mol.